The molecule has 3 atom stereocenters. The molecule has 1 N–H and O–H groups in total. The van der Waals surface area contributed by atoms with Crippen LogP contribution in [-0.4, -0.2) is 49.0 Å². The highest BCUT2D eigenvalue weighted by Gasteiger charge is 2.37. The van der Waals surface area contributed by atoms with Crippen LogP contribution in [-0.2, 0) is 11.3 Å². The third-order valence-corrected chi connectivity index (χ3v) is 5.12. The third kappa shape index (κ3) is 3.40. The number of likely N-dealkylation sites (tertiary alicyclic amines) is 1. The molecule has 4 nitrogen and oxygen atoms in total. The summed E-state index contributed by atoms with van der Waals surface area (Å²) in [6, 6.07) is 6.12. The number of aliphatic hydroxyl groups excluding tert-OH is 1. The number of halogens is 1. The normalized spacial score (nSPS) is 29.7. The molecule has 0 aliphatic carbocycles. The molecule has 2 fully saturated rings. The van der Waals surface area contributed by atoms with Gasteiger partial charge in [0.05, 0.1) is 19.8 Å². The number of rotatable bonds is 4. The van der Waals surface area contributed by atoms with Gasteiger partial charge >= 0.3 is 0 Å². The Morgan fingerprint density at radius 2 is 2.27 bits per heavy atom. The lowest BCUT2D eigenvalue weighted by molar-refractivity contribution is -0.0636. The van der Waals surface area contributed by atoms with Gasteiger partial charge in [-0.15, -0.1) is 0 Å². The predicted octanol–water partition coefficient (Wildman–Crippen LogP) is 2.71. The molecule has 2 heterocycles. The second kappa shape index (κ2) is 7.18. The summed E-state index contributed by atoms with van der Waals surface area (Å²) >= 11 is 6.13. The quantitative estimate of drug-likeness (QED) is 0.924. The third-order valence-electron chi connectivity index (χ3n) is 4.89. The van der Waals surface area contributed by atoms with Crippen molar-refractivity contribution in [1.29, 1.82) is 0 Å². The molecule has 1 aromatic carbocycles. The van der Waals surface area contributed by atoms with E-state index in [-0.39, 0.29) is 12.0 Å². The van der Waals surface area contributed by atoms with Gasteiger partial charge in [-0.25, -0.2) is 0 Å². The van der Waals surface area contributed by atoms with E-state index in [1.807, 2.05) is 18.2 Å². The van der Waals surface area contributed by atoms with Crippen LogP contribution in [0.4, 0.5) is 0 Å². The minimum atomic E-state index is -0.249. The number of hydrogen-bond donors (Lipinski definition) is 1. The largest absolute Gasteiger partial charge is 0.496 e. The van der Waals surface area contributed by atoms with Gasteiger partial charge < -0.3 is 14.6 Å². The standard InChI is InChI=1S/C17H24ClNO3/c1-21-17-5-4-13(18)9-12(17)10-19-7-2-3-15(19)14-11-22-8-6-16(14)20/h4-5,9,14-16,20H,2-3,6-8,10-11H2,1H3/t14-,15+,16-/m0/s1. The van der Waals surface area contributed by atoms with Crippen LogP contribution < -0.4 is 4.74 Å². The minimum absolute atomic E-state index is 0.210. The molecule has 0 bridgehead atoms. The Balaban J connectivity index is 1.75. The van der Waals surface area contributed by atoms with Gasteiger partial charge in [-0.05, 0) is 44.0 Å². The van der Waals surface area contributed by atoms with Gasteiger partial charge in [-0.2, -0.15) is 0 Å². The predicted molar refractivity (Wildman–Crippen MR) is 86.4 cm³/mol. The van der Waals surface area contributed by atoms with Gasteiger partial charge in [0.2, 0.25) is 0 Å². The number of benzene rings is 1. The first-order chi connectivity index (χ1) is 10.7. The fraction of sp³-hybridized carbons (Fsp3) is 0.647. The molecule has 0 amide bonds. The molecule has 0 unspecified atom stereocenters. The van der Waals surface area contributed by atoms with Crippen LogP contribution in [0.1, 0.15) is 24.8 Å². The van der Waals surface area contributed by atoms with E-state index < -0.39 is 0 Å². The molecule has 2 aliphatic rings. The first-order valence-electron chi connectivity index (χ1n) is 8.01. The van der Waals surface area contributed by atoms with Gasteiger partial charge in [0.15, 0.2) is 0 Å². The zero-order valence-corrected chi connectivity index (χ0v) is 13.8. The van der Waals surface area contributed by atoms with Gasteiger partial charge in [-0.3, -0.25) is 4.90 Å². The van der Waals surface area contributed by atoms with Crippen LogP contribution in [0.2, 0.25) is 5.02 Å². The van der Waals surface area contributed by atoms with Crippen molar-refractivity contribution in [3.63, 3.8) is 0 Å². The lowest BCUT2D eigenvalue weighted by Crippen LogP contribution is -2.45. The molecule has 5 heteroatoms. The Morgan fingerprint density at radius 1 is 1.41 bits per heavy atom. The minimum Gasteiger partial charge on any atom is -0.496 e. The molecule has 0 saturated carbocycles. The van der Waals surface area contributed by atoms with E-state index in [4.69, 9.17) is 21.1 Å². The molecule has 22 heavy (non-hydrogen) atoms. The maximum absolute atomic E-state index is 10.3. The number of hydrogen-bond acceptors (Lipinski definition) is 4. The SMILES string of the molecule is COc1ccc(Cl)cc1CN1CCC[C@@H]1[C@@H]1COCC[C@@H]1O. The summed E-state index contributed by atoms with van der Waals surface area (Å²) in [6.07, 6.45) is 2.78. The van der Waals surface area contributed by atoms with Crippen molar-refractivity contribution in [2.24, 2.45) is 5.92 Å². The summed E-state index contributed by atoms with van der Waals surface area (Å²) < 4.78 is 11.0. The first kappa shape index (κ1) is 16.1. The lowest BCUT2D eigenvalue weighted by atomic mass is 9.89. The Bertz CT molecular complexity index is 511. The average molecular weight is 326 g/mol. The van der Waals surface area contributed by atoms with Crippen molar-refractivity contribution >= 4 is 11.6 Å². The molecule has 2 saturated heterocycles. The number of methoxy groups -OCH3 is 1. The van der Waals surface area contributed by atoms with E-state index in [2.05, 4.69) is 4.90 Å². The topological polar surface area (TPSA) is 41.9 Å². The van der Waals surface area contributed by atoms with Crippen molar-refractivity contribution in [3.05, 3.63) is 28.8 Å². The highest BCUT2D eigenvalue weighted by Crippen LogP contribution is 2.33. The first-order valence-corrected chi connectivity index (χ1v) is 8.39. The van der Waals surface area contributed by atoms with E-state index in [0.29, 0.717) is 19.3 Å². The fourth-order valence-electron chi connectivity index (χ4n) is 3.74. The van der Waals surface area contributed by atoms with Gasteiger partial charge in [0.1, 0.15) is 5.75 Å². The molecule has 122 valence electrons. The van der Waals surface area contributed by atoms with Gasteiger partial charge in [0.25, 0.3) is 0 Å². The second-order valence-corrected chi connectivity index (χ2v) is 6.67. The summed E-state index contributed by atoms with van der Waals surface area (Å²) in [7, 11) is 1.69. The maximum atomic E-state index is 10.3. The van der Waals surface area contributed by atoms with Crippen molar-refractivity contribution in [2.45, 2.75) is 38.0 Å². The Morgan fingerprint density at radius 3 is 3.05 bits per heavy atom. The van der Waals surface area contributed by atoms with E-state index >= 15 is 0 Å². The Labute approximate surface area is 137 Å². The number of aliphatic hydroxyl groups is 1. The molecule has 2 aliphatic heterocycles. The van der Waals surface area contributed by atoms with Crippen molar-refractivity contribution < 1.29 is 14.6 Å². The monoisotopic (exact) mass is 325 g/mol. The Kier molecular flexibility index (Phi) is 5.24. The number of nitrogens with zero attached hydrogens (tertiary/aromatic N) is 1. The summed E-state index contributed by atoms with van der Waals surface area (Å²) in [4.78, 5) is 2.44. The van der Waals surface area contributed by atoms with Crippen molar-refractivity contribution in [1.82, 2.24) is 4.90 Å². The van der Waals surface area contributed by atoms with Gasteiger partial charge in [0, 0.05) is 35.7 Å². The van der Waals surface area contributed by atoms with E-state index in [0.717, 1.165) is 48.7 Å². The molecule has 0 aromatic heterocycles. The van der Waals surface area contributed by atoms with Crippen LogP contribution in [0, 0.1) is 5.92 Å². The molecule has 3 rings (SSSR count). The zero-order valence-electron chi connectivity index (χ0n) is 13.0. The molecular weight excluding hydrogens is 302 g/mol. The summed E-state index contributed by atoms with van der Waals surface area (Å²) in [5.74, 6) is 1.08. The molecule has 0 radical (unpaired) electrons. The summed E-state index contributed by atoms with van der Waals surface area (Å²) in [5.41, 5.74) is 1.10. The van der Waals surface area contributed by atoms with E-state index in [1.54, 1.807) is 7.11 Å². The highest BCUT2D eigenvalue weighted by molar-refractivity contribution is 6.30. The van der Waals surface area contributed by atoms with Crippen LogP contribution in [0.25, 0.3) is 0 Å². The molecular formula is C17H24ClNO3. The van der Waals surface area contributed by atoms with E-state index in [1.165, 1.54) is 0 Å². The summed E-state index contributed by atoms with van der Waals surface area (Å²) in [6.45, 7) is 3.18. The zero-order chi connectivity index (χ0) is 15.5. The van der Waals surface area contributed by atoms with Crippen LogP contribution in [0.5, 0.6) is 5.75 Å². The van der Waals surface area contributed by atoms with Crippen LogP contribution >= 0.6 is 11.6 Å². The van der Waals surface area contributed by atoms with Crippen LogP contribution in [0.15, 0.2) is 18.2 Å². The van der Waals surface area contributed by atoms with Crippen molar-refractivity contribution in [3.8, 4) is 5.75 Å². The fourth-order valence-corrected chi connectivity index (χ4v) is 3.93. The average Bonchev–Trinajstić information content (AvgIpc) is 2.96. The highest BCUT2D eigenvalue weighted by atomic mass is 35.5. The Hall–Kier alpha value is -0.810. The smallest absolute Gasteiger partial charge is 0.123 e. The van der Waals surface area contributed by atoms with Gasteiger partial charge in [-0.1, -0.05) is 11.6 Å². The van der Waals surface area contributed by atoms with Crippen LogP contribution in [0.3, 0.4) is 0 Å². The summed E-state index contributed by atoms with van der Waals surface area (Å²) in [5, 5.41) is 11.0. The number of ether oxygens (including phenoxy) is 2. The van der Waals surface area contributed by atoms with E-state index in [9.17, 15) is 5.11 Å². The second-order valence-electron chi connectivity index (χ2n) is 6.23. The lowest BCUT2D eigenvalue weighted by Gasteiger charge is -2.37. The maximum Gasteiger partial charge on any atom is 0.123 e. The molecule has 0 spiro atoms. The molecule has 1 aromatic rings. The van der Waals surface area contributed by atoms with Crippen molar-refractivity contribution in [2.75, 3.05) is 26.9 Å².